The van der Waals surface area contributed by atoms with E-state index in [1.54, 1.807) is 11.1 Å². The van der Waals surface area contributed by atoms with Gasteiger partial charge in [0.15, 0.2) is 0 Å². The van der Waals surface area contributed by atoms with Crippen molar-refractivity contribution < 1.29 is 9.59 Å². The molecule has 2 aromatic rings. The molecule has 0 aliphatic carbocycles. The van der Waals surface area contributed by atoms with Crippen molar-refractivity contribution >= 4 is 23.8 Å². The highest BCUT2D eigenvalue weighted by molar-refractivity contribution is 6.02. The molecule has 0 saturated carbocycles. The largest absolute Gasteiger partial charge is 0.352 e. The van der Waals surface area contributed by atoms with E-state index in [2.05, 4.69) is 20.2 Å². The number of piperazine rings is 1. The van der Waals surface area contributed by atoms with Crippen LogP contribution < -0.4 is 10.2 Å². The van der Waals surface area contributed by atoms with E-state index in [-0.39, 0.29) is 11.6 Å². The van der Waals surface area contributed by atoms with Crippen LogP contribution in [0.15, 0.2) is 36.7 Å². The Labute approximate surface area is 140 Å². The van der Waals surface area contributed by atoms with Crippen molar-refractivity contribution in [1.82, 2.24) is 14.9 Å². The van der Waals surface area contributed by atoms with Crippen LogP contribution in [0, 0.1) is 6.92 Å². The minimum atomic E-state index is -0.287. The van der Waals surface area contributed by atoms with Crippen LogP contribution in [0.25, 0.3) is 0 Å². The number of hydrogen-bond donors (Lipinski definition) is 1. The zero-order valence-electron chi connectivity index (χ0n) is 13.5. The van der Waals surface area contributed by atoms with Gasteiger partial charge in [0.2, 0.25) is 6.41 Å². The van der Waals surface area contributed by atoms with Crippen LogP contribution in [0.2, 0.25) is 0 Å². The summed E-state index contributed by atoms with van der Waals surface area (Å²) in [6.07, 6.45) is 3.94. The molecule has 0 radical (unpaired) electrons. The maximum atomic E-state index is 12.2. The Balaban J connectivity index is 1.64. The number of nitrogens with zero attached hydrogens (tertiary/aromatic N) is 4. The number of hydrogen-bond acceptors (Lipinski definition) is 5. The summed E-state index contributed by atoms with van der Waals surface area (Å²) in [4.78, 5) is 35.3. The Morgan fingerprint density at radius 3 is 2.58 bits per heavy atom. The van der Waals surface area contributed by atoms with E-state index in [0.717, 1.165) is 17.7 Å². The van der Waals surface area contributed by atoms with Gasteiger partial charge in [-0.3, -0.25) is 9.59 Å². The number of aromatic nitrogens is 2. The van der Waals surface area contributed by atoms with Gasteiger partial charge in [0.25, 0.3) is 5.91 Å². The maximum Gasteiger partial charge on any atom is 0.275 e. The fourth-order valence-electron chi connectivity index (χ4n) is 2.58. The van der Waals surface area contributed by atoms with Crippen molar-refractivity contribution in [2.45, 2.75) is 6.92 Å². The van der Waals surface area contributed by atoms with Crippen molar-refractivity contribution in [2.24, 2.45) is 0 Å². The number of aryl methyl sites for hydroxylation is 1. The van der Waals surface area contributed by atoms with Gasteiger partial charge in [0.05, 0.1) is 12.4 Å². The molecule has 1 aromatic carbocycles. The third-order valence-electron chi connectivity index (χ3n) is 3.93. The van der Waals surface area contributed by atoms with Crippen LogP contribution in [0.3, 0.4) is 0 Å². The van der Waals surface area contributed by atoms with E-state index in [4.69, 9.17) is 0 Å². The Bertz CT molecular complexity index is 724. The van der Waals surface area contributed by atoms with Crippen molar-refractivity contribution in [1.29, 1.82) is 0 Å². The maximum absolute atomic E-state index is 12.2. The molecule has 24 heavy (non-hydrogen) atoms. The van der Waals surface area contributed by atoms with Crippen molar-refractivity contribution in [3.63, 3.8) is 0 Å². The quantitative estimate of drug-likeness (QED) is 0.858. The van der Waals surface area contributed by atoms with Gasteiger partial charge in [-0.25, -0.2) is 9.97 Å². The summed E-state index contributed by atoms with van der Waals surface area (Å²) in [5.74, 6) is 0.429. The molecule has 1 saturated heterocycles. The molecule has 0 unspecified atom stereocenters. The highest BCUT2D eigenvalue weighted by Gasteiger charge is 2.17. The van der Waals surface area contributed by atoms with Crippen LogP contribution in [0.1, 0.15) is 16.1 Å². The predicted molar refractivity (Wildman–Crippen MR) is 91.0 cm³/mol. The fraction of sp³-hybridized carbons (Fsp3) is 0.294. The lowest BCUT2D eigenvalue weighted by Crippen LogP contribution is -2.46. The third kappa shape index (κ3) is 3.68. The van der Waals surface area contributed by atoms with Gasteiger partial charge >= 0.3 is 0 Å². The molecule has 0 spiro atoms. The smallest absolute Gasteiger partial charge is 0.275 e. The van der Waals surface area contributed by atoms with Gasteiger partial charge < -0.3 is 15.1 Å². The Morgan fingerprint density at radius 2 is 1.96 bits per heavy atom. The number of anilines is 2. The molecule has 1 aromatic heterocycles. The molecule has 7 heteroatoms. The average Bonchev–Trinajstić information content (AvgIpc) is 2.62. The van der Waals surface area contributed by atoms with Crippen LogP contribution in [0.5, 0.6) is 0 Å². The number of amides is 2. The molecule has 2 amide bonds. The zero-order chi connectivity index (χ0) is 16.9. The van der Waals surface area contributed by atoms with Gasteiger partial charge in [0, 0.05) is 31.9 Å². The topological polar surface area (TPSA) is 78.4 Å². The first-order valence-corrected chi connectivity index (χ1v) is 7.80. The summed E-state index contributed by atoms with van der Waals surface area (Å²) in [7, 11) is 0. The van der Waals surface area contributed by atoms with Crippen molar-refractivity contribution in [3.8, 4) is 0 Å². The third-order valence-corrected chi connectivity index (χ3v) is 3.93. The monoisotopic (exact) mass is 325 g/mol. The first-order chi connectivity index (χ1) is 11.7. The number of carbonyl (C=O) groups excluding carboxylic acids is 2. The normalized spacial score (nSPS) is 14.4. The Kier molecular flexibility index (Phi) is 4.69. The van der Waals surface area contributed by atoms with E-state index >= 15 is 0 Å². The first kappa shape index (κ1) is 15.9. The second kappa shape index (κ2) is 7.08. The van der Waals surface area contributed by atoms with Crippen LogP contribution >= 0.6 is 0 Å². The molecule has 1 N–H and O–H groups in total. The zero-order valence-corrected chi connectivity index (χ0v) is 13.5. The summed E-state index contributed by atoms with van der Waals surface area (Å²) in [5.41, 5.74) is 2.08. The fourth-order valence-corrected chi connectivity index (χ4v) is 2.58. The molecule has 1 fully saturated rings. The molecular weight excluding hydrogens is 306 g/mol. The van der Waals surface area contributed by atoms with Gasteiger partial charge in [0.1, 0.15) is 11.5 Å². The van der Waals surface area contributed by atoms with Gasteiger partial charge in [-0.2, -0.15) is 0 Å². The molecular formula is C17H19N5O2. The van der Waals surface area contributed by atoms with Crippen LogP contribution in [0.4, 0.5) is 11.5 Å². The van der Waals surface area contributed by atoms with E-state index in [1.165, 1.54) is 6.20 Å². The first-order valence-electron chi connectivity index (χ1n) is 7.80. The summed E-state index contributed by atoms with van der Waals surface area (Å²) < 4.78 is 0. The molecule has 0 atom stereocenters. The van der Waals surface area contributed by atoms with Crippen molar-refractivity contribution in [3.05, 3.63) is 47.9 Å². The van der Waals surface area contributed by atoms with Crippen LogP contribution in [-0.2, 0) is 4.79 Å². The van der Waals surface area contributed by atoms with E-state index in [0.29, 0.717) is 32.0 Å². The molecule has 7 nitrogen and oxygen atoms in total. The predicted octanol–water partition coefficient (Wildman–Crippen LogP) is 1.32. The minimum absolute atomic E-state index is 0.270. The highest BCUT2D eigenvalue weighted by Crippen LogP contribution is 2.14. The number of carbonyl (C=O) groups is 2. The van der Waals surface area contributed by atoms with Crippen molar-refractivity contribution in [2.75, 3.05) is 36.4 Å². The van der Waals surface area contributed by atoms with Gasteiger partial charge in [-0.15, -0.1) is 0 Å². The molecule has 0 bridgehead atoms. The Hall–Kier alpha value is -2.96. The highest BCUT2D eigenvalue weighted by atomic mass is 16.2. The molecule has 124 valence electrons. The minimum Gasteiger partial charge on any atom is -0.352 e. The van der Waals surface area contributed by atoms with E-state index in [9.17, 15) is 9.59 Å². The second-order valence-electron chi connectivity index (χ2n) is 5.71. The number of benzene rings is 1. The number of nitrogens with one attached hydrogen (secondary N) is 1. The van der Waals surface area contributed by atoms with Gasteiger partial charge in [-0.1, -0.05) is 12.1 Å². The second-order valence-corrected chi connectivity index (χ2v) is 5.71. The summed E-state index contributed by atoms with van der Waals surface area (Å²) in [5, 5.41) is 2.81. The summed E-state index contributed by atoms with van der Waals surface area (Å²) in [6, 6.07) is 7.58. The van der Waals surface area contributed by atoms with E-state index < -0.39 is 0 Å². The molecule has 2 heterocycles. The standard InChI is InChI=1S/C17H19N5O2/c1-13-3-2-4-14(9-13)20-17(24)15-10-19-16(11-18-15)22-7-5-21(12-23)6-8-22/h2-4,9-12H,5-8H2,1H3,(H,20,24). The number of rotatable bonds is 4. The lowest BCUT2D eigenvalue weighted by atomic mass is 10.2. The molecule has 3 rings (SSSR count). The molecule has 1 aliphatic rings. The average molecular weight is 325 g/mol. The Morgan fingerprint density at radius 1 is 1.17 bits per heavy atom. The lowest BCUT2D eigenvalue weighted by molar-refractivity contribution is -0.118. The summed E-state index contributed by atoms with van der Waals surface area (Å²) >= 11 is 0. The lowest BCUT2D eigenvalue weighted by Gasteiger charge is -2.33. The SMILES string of the molecule is Cc1cccc(NC(=O)c2cnc(N3CCN(C=O)CC3)cn2)c1. The van der Waals surface area contributed by atoms with Crippen LogP contribution in [-0.4, -0.2) is 53.4 Å². The van der Waals surface area contributed by atoms with Gasteiger partial charge in [-0.05, 0) is 24.6 Å². The van der Waals surface area contributed by atoms with E-state index in [1.807, 2.05) is 31.2 Å². The molecule has 1 aliphatic heterocycles. The summed E-state index contributed by atoms with van der Waals surface area (Å²) in [6.45, 7) is 4.72.